The van der Waals surface area contributed by atoms with Gasteiger partial charge in [0.05, 0.1) is 0 Å². The van der Waals surface area contributed by atoms with Gasteiger partial charge in [-0.05, 0) is 23.6 Å². The van der Waals surface area contributed by atoms with Crippen LogP contribution in [0.4, 0.5) is 11.5 Å². The van der Waals surface area contributed by atoms with Crippen LogP contribution in [0.1, 0.15) is 6.42 Å². The molecular formula is C23H26N4O. The highest BCUT2D eigenvalue weighted by Crippen LogP contribution is 2.26. The molecule has 0 aliphatic carbocycles. The molecule has 0 spiro atoms. The zero-order valence-electron chi connectivity index (χ0n) is 16.3. The van der Waals surface area contributed by atoms with Crippen molar-refractivity contribution in [2.24, 2.45) is 0 Å². The first-order chi connectivity index (χ1) is 13.7. The molecule has 1 amide bonds. The number of rotatable bonds is 5. The summed E-state index contributed by atoms with van der Waals surface area (Å²) in [4.78, 5) is 23.5. The van der Waals surface area contributed by atoms with E-state index in [2.05, 4.69) is 64.3 Å². The van der Waals surface area contributed by atoms with Gasteiger partial charge in [0, 0.05) is 63.5 Å². The predicted octanol–water partition coefficient (Wildman–Crippen LogP) is 3.41. The highest BCUT2D eigenvalue weighted by atomic mass is 16.2. The summed E-state index contributed by atoms with van der Waals surface area (Å²) in [5.41, 5.74) is 1.17. The van der Waals surface area contributed by atoms with Crippen LogP contribution in [0.3, 0.4) is 0 Å². The average Bonchev–Trinajstić information content (AvgIpc) is 2.77. The Bertz CT molecular complexity index is 930. The number of hydrogen-bond donors (Lipinski definition) is 0. The third kappa shape index (κ3) is 3.93. The quantitative estimate of drug-likeness (QED) is 0.686. The summed E-state index contributed by atoms with van der Waals surface area (Å²) in [6.07, 6.45) is 2.35. The second kappa shape index (κ2) is 8.30. The highest BCUT2D eigenvalue weighted by Gasteiger charge is 2.22. The molecule has 2 aromatic carbocycles. The zero-order chi connectivity index (χ0) is 19.3. The number of carbonyl (C=O) groups excluding carboxylic acids is 1. The standard InChI is InChI=1S/C23H26N4O/c1-25(21-10-6-8-19-7-2-3-9-20(19)21)14-12-23(28)27-17-15-26(16-18-27)22-11-4-5-13-24-22/h2-11,13H,12,14-18H2,1H3. The molecule has 2 heterocycles. The lowest BCUT2D eigenvalue weighted by Gasteiger charge is -2.35. The molecule has 1 fully saturated rings. The molecular weight excluding hydrogens is 348 g/mol. The summed E-state index contributed by atoms with van der Waals surface area (Å²) in [5.74, 6) is 1.22. The molecule has 0 atom stereocenters. The van der Waals surface area contributed by atoms with Crippen LogP contribution in [0.2, 0.25) is 0 Å². The molecule has 144 valence electrons. The van der Waals surface area contributed by atoms with Crippen molar-refractivity contribution < 1.29 is 4.79 Å². The molecule has 0 unspecified atom stereocenters. The molecule has 1 aromatic heterocycles. The van der Waals surface area contributed by atoms with Gasteiger partial charge in [-0.2, -0.15) is 0 Å². The van der Waals surface area contributed by atoms with E-state index in [1.807, 2.05) is 29.3 Å². The van der Waals surface area contributed by atoms with Gasteiger partial charge in [-0.25, -0.2) is 4.98 Å². The van der Waals surface area contributed by atoms with Crippen molar-refractivity contribution in [1.82, 2.24) is 9.88 Å². The average molecular weight is 374 g/mol. The fraction of sp³-hybridized carbons (Fsp3) is 0.304. The molecule has 1 aliphatic rings. The molecule has 0 saturated carbocycles. The maximum absolute atomic E-state index is 12.7. The van der Waals surface area contributed by atoms with Crippen molar-refractivity contribution in [3.05, 3.63) is 66.9 Å². The molecule has 5 heteroatoms. The van der Waals surface area contributed by atoms with Crippen LogP contribution in [0, 0.1) is 0 Å². The minimum Gasteiger partial charge on any atom is -0.374 e. The zero-order valence-corrected chi connectivity index (χ0v) is 16.3. The largest absolute Gasteiger partial charge is 0.374 e. The first kappa shape index (κ1) is 18.3. The Morgan fingerprint density at radius 3 is 2.50 bits per heavy atom. The van der Waals surface area contributed by atoms with Crippen LogP contribution < -0.4 is 9.80 Å². The maximum Gasteiger partial charge on any atom is 0.224 e. The Morgan fingerprint density at radius 2 is 1.71 bits per heavy atom. The molecule has 3 aromatic rings. The van der Waals surface area contributed by atoms with Crippen molar-refractivity contribution in [1.29, 1.82) is 0 Å². The van der Waals surface area contributed by atoms with Crippen LogP contribution >= 0.6 is 0 Å². The number of carbonyl (C=O) groups is 1. The summed E-state index contributed by atoms with van der Waals surface area (Å²) in [5, 5.41) is 2.45. The normalized spacial score (nSPS) is 14.3. The molecule has 4 rings (SSSR count). The Labute approximate surface area is 166 Å². The van der Waals surface area contributed by atoms with Crippen LogP contribution in [0.15, 0.2) is 66.9 Å². The summed E-state index contributed by atoms with van der Waals surface area (Å²) in [6, 6.07) is 20.7. The van der Waals surface area contributed by atoms with E-state index in [0.717, 1.165) is 32.0 Å². The monoisotopic (exact) mass is 374 g/mol. The molecule has 1 saturated heterocycles. The SMILES string of the molecule is CN(CCC(=O)N1CCN(c2ccccn2)CC1)c1cccc2ccccc12. The van der Waals surface area contributed by atoms with Gasteiger partial charge < -0.3 is 14.7 Å². The number of hydrogen-bond acceptors (Lipinski definition) is 4. The van der Waals surface area contributed by atoms with Crippen molar-refractivity contribution in [3.8, 4) is 0 Å². The molecule has 5 nitrogen and oxygen atoms in total. The third-order valence-corrected chi connectivity index (χ3v) is 5.44. The van der Waals surface area contributed by atoms with Gasteiger partial charge in [-0.3, -0.25) is 4.79 Å². The van der Waals surface area contributed by atoms with Crippen molar-refractivity contribution in [2.75, 3.05) is 49.6 Å². The molecule has 0 N–H and O–H groups in total. The smallest absolute Gasteiger partial charge is 0.224 e. The number of benzene rings is 2. The Hall–Kier alpha value is -3.08. The number of aromatic nitrogens is 1. The molecule has 0 radical (unpaired) electrons. The van der Waals surface area contributed by atoms with Crippen molar-refractivity contribution in [2.45, 2.75) is 6.42 Å². The summed E-state index contributed by atoms with van der Waals surface area (Å²) >= 11 is 0. The Kier molecular flexibility index (Phi) is 5.42. The van der Waals surface area contributed by atoms with E-state index >= 15 is 0 Å². The maximum atomic E-state index is 12.7. The topological polar surface area (TPSA) is 39.7 Å². The minimum absolute atomic E-state index is 0.229. The van der Waals surface area contributed by atoms with Gasteiger partial charge >= 0.3 is 0 Å². The fourth-order valence-electron chi connectivity index (χ4n) is 3.81. The lowest BCUT2D eigenvalue weighted by Crippen LogP contribution is -2.49. The van der Waals surface area contributed by atoms with E-state index in [1.54, 1.807) is 0 Å². The summed E-state index contributed by atoms with van der Waals surface area (Å²) in [7, 11) is 2.06. The van der Waals surface area contributed by atoms with E-state index in [0.29, 0.717) is 13.0 Å². The first-order valence-corrected chi connectivity index (χ1v) is 9.85. The van der Waals surface area contributed by atoms with Crippen LogP contribution in [-0.2, 0) is 4.79 Å². The Balaban J connectivity index is 1.32. The molecule has 0 bridgehead atoms. The van der Waals surface area contributed by atoms with Gasteiger partial charge in [0.1, 0.15) is 5.82 Å². The van der Waals surface area contributed by atoms with Crippen LogP contribution in [-0.4, -0.2) is 55.6 Å². The van der Waals surface area contributed by atoms with Gasteiger partial charge in [-0.15, -0.1) is 0 Å². The van der Waals surface area contributed by atoms with Gasteiger partial charge in [0.2, 0.25) is 5.91 Å². The second-order valence-electron chi connectivity index (χ2n) is 7.23. The van der Waals surface area contributed by atoms with Crippen molar-refractivity contribution in [3.63, 3.8) is 0 Å². The number of nitrogens with zero attached hydrogens (tertiary/aromatic N) is 4. The Morgan fingerprint density at radius 1 is 0.964 bits per heavy atom. The van der Waals surface area contributed by atoms with E-state index in [1.165, 1.54) is 16.5 Å². The number of pyridine rings is 1. The van der Waals surface area contributed by atoms with Gasteiger partial charge in [0.15, 0.2) is 0 Å². The third-order valence-electron chi connectivity index (χ3n) is 5.44. The summed E-state index contributed by atoms with van der Waals surface area (Å²) < 4.78 is 0. The lowest BCUT2D eigenvalue weighted by molar-refractivity contribution is -0.131. The number of piperazine rings is 1. The van der Waals surface area contributed by atoms with E-state index in [9.17, 15) is 4.79 Å². The molecule has 1 aliphatic heterocycles. The van der Waals surface area contributed by atoms with E-state index < -0.39 is 0 Å². The minimum atomic E-state index is 0.229. The highest BCUT2D eigenvalue weighted by molar-refractivity contribution is 5.94. The number of amides is 1. The first-order valence-electron chi connectivity index (χ1n) is 9.85. The predicted molar refractivity (Wildman–Crippen MR) is 115 cm³/mol. The van der Waals surface area contributed by atoms with Gasteiger partial charge in [-0.1, -0.05) is 42.5 Å². The second-order valence-corrected chi connectivity index (χ2v) is 7.23. The van der Waals surface area contributed by atoms with Crippen molar-refractivity contribution >= 4 is 28.2 Å². The molecule has 28 heavy (non-hydrogen) atoms. The number of anilines is 2. The number of fused-ring (bicyclic) bond motifs is 1. The van der Waals surface area contributed by atoms with Crippen LogP contribution in [0.25, 0.3) is 10.8 Å². The van der Waals surface area contributed by atoms with Crippen LogP contribution in [0.5, 0.6) is 0 Å². The van der Waals surface area contributed by atoms with E-state index in [-0.39, 0.29) is 5.91 Å². The summed E-state index contributed by atoms with van der Waals surface area (Å²) in [6.45, 7) is 3.90. The fourth-order valence-corrected chi connectivity index (χ4v) is 3.81. The lowest BCUT2D eigenvalue weighted by atomic mass is 10.1. The van der Waals surface area contributed by atoms with E-state index in [4.69, 9.17) is 0 Å². The van der Waals surface area contributed by atoms with Gasteiger partial charge in [0.25, 0.3) is 0 Å².